The van der Waals surface area contributed by atoms with Crippen LogP contribution in [0.1, 0.15) is 66.3 Å². The van der Waals surface area contributed by atoms with Gasteiger partial charge in [0.15, 0.2) is 17.3 Å². The number of ether oxygens (including phenoxy) is 1. The predicted octanol–water partition coefficient (Wildman–Crippen LogP) is 4.07. The van der Waals surface area contributed by atoms with E-state index in [0.717, 1.165) is 0 Å². The van der Waals surface area contributed by atoms with Crippen LogP contribution in [0.4, 0.5) is 8.78 Å². The minimum absolute atomic E-state index is 0.0433. The van der Waals surface area contributed by atoms with E-state index >= 15 is 0 Å². The van der Waals surface area contributed by atoms with Crippen molar-refractivity contribution in [2.24, 2.45) is 0 Å². The van der Waals surface area contributed by atoms with Gasteiger partial charge in [0, 0.05) is 30.4 Å². The van der Waals surface area contributed by atoms with Gasteiger partial charge in [0.2, 0.25) is 0 Å². The molecular formula is C29H35F2N3O6. The van der Waals surface area contributed by atoms with Gasteiger partial charge in [-0.3, -0.25) is 9.59 Å². The fourth-order valence-electron chi connectivity index (χ4n) is 4.63. The van der Waals surface area contributed by atoms with Crippen molar-refractivity contribution in [2.45, 2.75) is 64.2 Å². The van der Waals surface area contributed by atoms with E-state index in [0.29, 0.717) is 16.9 Å². The summed E-state index contributed by atoms with van der Waals surface area (Å²) in [5.74, 6) is -2.75. The second-order valence-electron chi connectivity index (χ2n) is 10.0. The molecule has 0 radical (unpaired) electrons. The number of methoxy groups -OCH3 is 1. The zero-order chi connectivity index (χ0) is 29.6. The first-order chi connectivity index (χ1) is 18.9. The number of aromatic nitrogens is 2. The standard InChI is InChI=1S/C29H35F2N3O6/c1-17(2)26-23(13-12-21(35)14-22(36)15-25(37)38)34(20-10-8-19(30)9-11-20)32-28(26)29(39)33(3)16-18-6-5-7-24(40-4)27(18)31/h5-11,17,21-22,35-36H,12-16H2,1-4H3,(H,37,38). The molecule has 40 heavy (non-hydrogen) atoms. The molecule has 1 aromatic heterocycles. The van der Waals surface area contributed by atoms with Crippen molar-refractivity contribution in [1.29, 1.82) is 0 Å². The SMILES string of the molecule is COc1cccc(CN(C)C(=O)c2nn(-c3ccc(F)cc3)c(CCC(O)CC(O)CC(=O)O)c2C(C)C)c1F. The average Bonchev–Trinajstić information content (AvgIpc) is 3.27. The monoisotopic (exact) mass is 559 g/mol. The zero-order valence-electron chi connectivity index (χ0n) is 23.0. The number of nitrogens with zero attached hydrogens (tertiary/aromatic N) is 3. The Kier molecular flexibility index (Phi) is 10.4. The van der Waals surface area contributed by atoms with Crippen molar-refractivity contribution in [1.82, 2.24) is 14.7 Å². The van der Waals surface area contributed by atoms with Gasteiger partial charge < -0.3 is 25.0 Å². The molecule has 3 N–H and O–H groups in total. The molecule has 0 fully saturated rings. The summed E-state index contributed by atoms with van der Waals surface area (Å²) in [6.45, 7) is 3.74. The summed E-state index contributed by atoms with van der Waals surface area (Å²) in [5.41, 5.74) is 2.13. The summed E-state index contributed by atoms with van der Waals surface area (Å²) >= 11 is 0. The third-order valence-electron chi connectivity index (χ3n) is 6.56. The first-order valence-electron chi connectivity index (χ1n) is 12.9. The Labute approximate surface area is 231 Å². The van der Waals surface area contributed by atoms with Gasteiger partial charge in [-0.1, -0.05) is 26.0 Å². The van der Waals surface area contributed by atoms with Crippen LogP contribution in [0.3, 0.4) is 0 Å². The van der Waals surface area contributed by atoms with Gasteiger partial charge in [0.25, 0.3) is 5.91 Å². The van der Waals surface area contributed by atoms with Crippen LogP contribution < -0.4 is 4.74 Å². The van der Waals surface area contributed by atoms with Crippen LogP contribution >= 0.6 is 0 Å². The van der Waals surface area contributed by atoms with Gasteiger partial charge >= 0.3 is 5.97 Å². The molecule has 11 heteroatoms. The quantitative estimate of drug-likeness (QED) is 0.288. The lowest BCUT2D eigenvalue weighted by Crippen LogP contribution is -2.28. The highest BCUT2D eigenvalue weighted by Crippen LogP contribution is 2.30. The molecule has 9 nitrogen and oxygen atoms in total. The Balaban J connectivity index is 1.97. The Morgan fingerprint density at radius 3 is 2.35 bits per heavy atom. The molecule has 2 unspecified atom stereocenters. The minimum Gasteiger partial charge on any atom is -0.494 e. The number of rotatable bonds is 13. The predicted molar refractivity (Wildman–Crippen MR) is 144 cm³/mol. The molecule has 3 aromatic rings. The number of halogens is 2. The number of carboxylic acid groups (broad SMARTS) is 1. The van der Waals surface area contributed by atoms with Gasteiger partial charge in [-0.2, -0.15) is 5.10 Å². The van der Waals surface area contributed by atoms with Crippen molar-refractivity contribution < 1.29 is 38.4 Å². The number of hydrogen-bond donors (Lipinski definition) is 3. The van der Waals surface area contributed by atoms with E-state index in [1.165, 1.54) is 54.1 Å². The van der Waals surface area contributed by atoms with Crippen LogP contribution in [-0.4, -0.2) is 68.2 Å². The molecule has 0 saturated carbocycles. The van der Waals surface area contributed by atoms with Gasteiger partial charge in [0.1, 0.15) is 5.82 Å². The highest BCUT2D eigenvalue weighted by atomic mass is 19.1. The molecule has 0 aliphatic rings. The molecule has 2 atom stereocenters. The summed E-state index contributed by atoms with van der Waals surface area (Å²) in [6.07, 6.45) is -2.44. The van der Waals surface area contributed by atoms with Gasteiger partial charge in [-0.05, 0) is 55.5 Å². The number of amides is 1. The topological polar surface area (TPSA) is 125 Å². The lowest BCUT2D eigenvalue weighted by Gasteiger charge is -2.19. The highest BCUT2D eigenvalue weighted by Gasteiger charge is 2.29. The summed E-state index contributed by atoms with van der Waals surface area (Å²) in [4.78, 5) is 25.9. The number of carboxylic acids is 1. The molecule has 2 aromatic carbocycles. The number of carbonyl (C=O) groups is 2. The molecular weight excluding hydrogens is 524 g/mol. The zero-order valence-corrected chi connectivity index (χ0v) is 23.0. The molecule has 216 valence electrons. The molecule has 0 saturated heterocycles. The number of benzene rings is 2. The number of carbonyl (C=O) groups excluding carboxylic acids is 1. The maximum absolute atomic E-state index is 14.8. The van der Waals surface area contributed by atoms with Crippen molar-refractivity contribution in [3.8, 4) is 11.4 Å². The molecule has 0 aliphatic heterocycles. The Morgan fingerprint density at radius 2 is 1.75 bits per heavy atom. The third kappa shape index (κ3) is 7.42. The molecule has 0 aliphatic carbocycles. The smallest absolute Gasteiger partial charge is 0.305 e. The number of aliphatic hydroxyl groups excluding tert-OH is 2. The molecule has 0 bridgehead atoms. The largest absolute Gasteiger partial charge is 0.494 e. The van der Waals surface area contributed by atoms with Gasteiger partial charge in [-0.15, -0.1) is 0 Å². The van der Waals surface area contributed by atoms with Crippen molar-refractivity contribution in [3.63, 3.8) is 0 Å². The second-order valence-corrected chi connectivity index (χ2v) is 10.0. The molecule has 0 spiro atoms. The van der Waals surface area contributed by atoms with E-state index in [9.17, 15) is 28.6 Å². The van der Waals surface area contributed by atoms with E-state index in [4.69, 9.17) is 9.84 Å². The Hall–Kier alpha value is -3.83. The summed E-state index contributed by atoms with van der Waals surface area (Å²) in [5, 5.41) is 33.9. The molecule has 1 heterocycles. The second kappa shape index (κ2) is 13.5. The van der Waals surface area contributed by atoms with Crippen LogP contribution in [0.5, 0.6) is 5.75 Å². The van der Waals surface area contributed by atoms with E-state index < -0.39 is 42.1 Å². The summed E-state index contributed by atoms with van der Waals surface area (Å²) in [7, 11) is 2.90. The van der Waals surface area contributed by atoms with Crippen LogP contribution in [0.2, 0.25) is 0 Å². The molecule has 3 rings (SSSR count). The van der Waals surface area contributed by atoms with E-state index in [2.05, 4.69) is 5.10 Å². The fourth-order valence-corrected chi connectivity index (χ4v) is 4.63. The first kappa shape index (κ1) is 30.7. The summed E-state index contributed by atoms with van der Waals surface area (Å²) < 4.78 is 35.0. The lowest BCUT2D eigenvalue weighted by molar-refractivity contribution is -0.139. The van der Waals surface area contributed by atoms with Crippen LogP contribution in [0.15, 0.2) is 42.5 Å². The number of aliphatic carboxylic acids is 1. The maximum atomic E-state index is 14.8. The van der Waals surface area contributed by atoms with E-state index in [-0.39, 0.29) is 48.7 Å². The Bertz CT molecular complexity index is 1330. The van der Waals surface area contributed by atoms with Gasteiger partial charge in [-0.25, -0.2) is 13.5 Å². The van der Waals surface area contributed by atoms with Crippen LogP contribution in [0.25, 0.3) is 5.69 Å². The summed E-state index contributed by atoms with van der Waals surface area (Å²) in [6, 6.07) is 10.3. The fraction of sp³-hybridized carbons (Fsp3) is 0.414. The lowest BCUT2D eigenvalue weighted by atomic mass is 9.95. The van der Waals surface area contributed by atoms with Crippen molar-refractivity contribution in [2.75, 3.05) is 14.2 Å². The minimum atomic E-state index is -1.21. The number of hydrogen-bond acceptors (Lipinski definition) is 6. The van der Waals surface area contributed by atoms with E-state index in [1.54, 1.807) is 12.1 Å². The van der Waals surface area contributed by atoms with E-state index in [1.807, 2.05) is 13.8 Å². The van der Waals surface area contributed by atoms with Crippen LogP contribution in [-0.2, 0) is 17.8 Å². The molecule has 1 amide bonds. The third-order valence-corrected chi connectivity index (χ3v) is 6.56. The van der Waals surface area contributed by atoms with Crippen molar-refractivity contribution >= 4 is 11.9 Å². The van der Waals surface area contributed by atoms with Gasteiger partial charge in [0.05, 0.1) is 31.4 Å². The Morgan fingerprint density at radius 1 is 1.07 bits per heavy atom. The normalized spacial score (nSPS) is 12.8. The van der Waals surface area contributed by atoms with Crippen LogP contribution in [0, 0.1) is 11.6 Å². The number of aliphatic hydroxyl groups is 2. The van der Waals surface area contributed by atoms with Crippen molar-refractivity contribution in [3.05, 3.63) is 76.6 Å². The highest BCUT2D eigenvalue weighted by molar-refractivity contribution is 5.94. The average molecular weight is 560 g/mol. The first-order valence-corrected chi connectivity index (χ1v) is 12.9. The maximum Gasteiger partial charge on any atom is 0.305 e.